The predicted molar refractivity (Wildman–Crippen MR) is 136 cm³/mol. The van der Waals surface area contributed by atoms with Crippen LogP contribution in [-0.4, -0.2) is 34.2 Å². The first-order valence-electron chi connectivity index (χ1n) is 9.71. The van der Waals surface area contributed by atoms with Gasteiger partial charge in [-0.1, -0.05) is 35.3 Å². The van der Waals surface area contributed by atoms with Crippen molar-refractivity contribution >= 4 is 62.3 Å². The summed E-state index contributed by atoms with van der Waals surface area (Å²) in [5, 5.41) is 3.23. The van der Waals surface area contributed by atoms with Crippen molar-refractivity contribution in [3.8, 4) is 5.75 Å². The van der Waals surface area contributed by atoms with E-state index in [9.17, 15) is 13.2 Å². The summed E-state index contributed by atoms with van der Waals surface area (Å²) in [5.74, 6) is -0.369. The van der Waals surface area contributed by atoms with Gasteiger partial charge in [-0.15, -0.1) is 11.8 Å². The first-order chi connectivity index (χ1) is 15.6. The summed E-state index contributed by atoms with van der Waals surface area (Å²) in [5.41, 5.74) is 1.43. The lowest BCUT2D eigenvalue weighted by Gasteiger charge is -2.25. The van der Waals surface area contributed by atoms with Crippen molar-refractivity contribution in [1.82, 2.24) is 0 Å². The van der Waals surface area contributed by atoms with Gasteiger partial charge in [-0.05, 0) is 67.3 Å². The van der Waals surface area contributed by atoms with Gasteiger partial charge >= 0.3 is 0 Å². The van der Waals surface area contributed by atoms with Crippen molar-refractivity contribution in [3.05, 3.63) is 76.3 Å². The van der Waals surface area contributed by atoms with Crippen LogP contribution >= 0.6 is 35.0 Å². The van der Waals surface area contributed by atoms with Gasteiger partial charge in [0.1, 0.15) is 17.2 Å². The summed E-state index contributed by atoms with van der Waals surface area (Å²) in [7, 11) is -2.84. The maximum absolute atomic E-state index is 13.8. The van der Waals surface area contributed by atoms with Gasteiger partial charge in [0.25, 0.3) is 10.0 Å². The second-order valence-electron chi connectivity index (χ2n) is 7.07. The number of hydrogen-bond acceptors (Lipinski definition) is 5. The van der Waals surface area contributed by atoms with Crippen LogP contribution in [0.5, 0.6) is 5.75 Å². The van der Waals surface area contributed by atoms with Crippen molar-refractivity contribution in [1.29, 1.82) is 0 Å². The molecule has 0 aliphatic rings. The van der Waals surface area contributed by atoms with Crippen molar-refractivity contribution < 1.29 is 17.9 Å². The minimum absolute atomic E-state index is 0.0710. The second kappa shape index (κ2) is 10.7. The van der Waals surface area contributed by atoms with Crippen LogP contribution in [0.25, 0.3) is 0 Å². The van der Waals surface area contributed by atoms with Crippen LogP contribution in [0.1, 0.15) is 5.56 Å². The normalized spacial score (nSPS) is 11.2. The molecule has 33 heavy (non-hydrogen) atoms. The summed E-state index contributed by atoms with van der Waals surface area (Å²) in [6.07, 6.45) is 1.92. The zero-order valence-corrected chi connectivity index (χ0v) is 21.3. The predicted octanol–water partition coefficient (Wildman–Crippen LogP) is 5.87. The SMILES string of the molecule is COc1ccc(C)cc1S(=O)(=O)N(CC(=O)Nc1cccc(SC)c1)c1cc(Cl)cc(Cl)c1. The van der Waals surface area contributed by atoms with Gasteiger partial charge in [0.15, 0.2) is 0 Å². The Morgan fingerprint density at radius 2 is 1.76 bits per heavy atom. The molecule has 0 unspecified atom stereocenters. The number of sulfonamides is 1. The van der Waals surface area contributed by atoms with Gasteiger partial charge in [0.2, 0.25) is 5.91 Å². The van der Waals surface area contributed by atoms with E-state index in [1.165, 1.54) is 43.1 Å². The largest absolute Gasteiger partial charge is 0.495 e. The van der Waals surface area contributed by atoms with E-state index < -0.39 is 22.5 Å². The smallest absolute Gasteiger partial charge is 0.268 e. The molecule has 0 bridgehead atoms. The minimum Gasteiger partial charge on any atom is -0.495 e. The zero-order chi connectivity index (χ0) is 24.2. The standard InChI is InChI=1S/C23H22Cl2N2O4S2/c1-15-7-8-21(31-2)22(9-15)33(29,30)27(19-11-16(24)10-17(25)12-19)14-23(28)26-18-5-4-6-20(13-18)32-3/h4-13H,14H2,1-3H3,(H,26,28). The second-order valence-corrected chi connectivity index (χ2v) is 10.7. The number of hydrogen-bond donors (Lipinski definition) is 1. The molecule has 3 aromatic rings. The third-order valence-electron chi connectivity index (χ3n) is 4.66. The Morgan fingerprint density at radius 1 is 1.06 bits per heavy atom. The molecule has 3 rings (SSSR count). The van der Waals surface area contributed by atoms with E-state index in [4.69, 9.17) is 27.9 Å². The molecule has 6 nitrogen and oxygen atoms in total. The van der Waals surface area contributed by atoms with Crippen LogP contribution in [-0.2, 0) is 14.8 Å². The first-order valence-corrected chi connectivity index (χ1v) is 13.1. The van der Waals surface area contributed by atoms with Gasteiger partial charge in [-0.3, -0.25) is 9.10 Å². The molecular weight excluding hydrogens is 503 g/mol. The fourth-order valence-corrected chi connectivity index (χ4v) is 5.76. The summed E-state index contributed by atoms with van der Waals surface area (Å²) in [4.78, 5) is 13.8. The first kappa shape index (κ1) is 25.2. The third-order valence-corrected chi connectivity index (χ3v) is 7.62. The highest BCUT2D eigenvalue weighted by molar-refractivity contribution is 7.98. The molecule has 0 atom stereocenters. The van der Waals surface area contributed by atoms with Crippen molar-refractivity contribution in [3.63, 3.8) is 0 Å². The molecule has 0 spiro atoms. The lowest BCUT2D eigenvalue weighted by atomic mass is 10.2. The topological polar surface area (TPSA) is 75.7 Å². The molecule has 0 aliphatic carbocycles. The van der Waals surface area contributed by atoms with Gasteiger partial charge in [0.05, 0.1) is 12.8 Å². The third kappa shape index (κ3) is 6.14. The molecule has 0 heterocycles. The number of nitrogens with zero attached hydrogens (tertiary/aromatic N) is 1. The average Bonchev–Trinajstić information content (AvgIpc) is 2.76. The Morgan fingerprint density at radius 3 is 2.39 bits per heavy atom. The highest BCUT2D eigenvalue weighted by atomic mass is 35.5. The number of ether oxygens (including phenoxy) is 1. The Bertz CT molecular complexity index is 1260. The number of nitrogens with one attached hydrogen (secondary N) is 1. The Hall–Kier alpha value is -2.39. The molecule has 10 heteroatoms. The van der Waals surface area contributed by atoms with Crippen LogP contribution in [0, 0.1) is 6.92 Å². The van der Waals surface area contributed by atoms with E-state index >= 15 is 0 Å². The number of carbonyl (C=O) groups excluding carboxylic acids is 1. The van der Waals surface area contributed by atoms with E-state index in [-0.39, 0.29) is 26.4 Å². The maximum Gasteiger partial charge on any atom is 0.268 e. The number of rotatable bonds is 8. The number of anilines is 2. The molecule has 0 radical (unpaired) electrons. The van der Waals surface area contributed by atoms with Gasteiger partial charge in [0, 0.05) is 20.6 Å². The number of thioether (sulfide) groups is 1. The summed E-state index contributed by atoms with van der Waals surface area (Å²) in [6, 6.07) is 16.4. The van der Waals surface area contributed by atoms with Crippen LogP contribution in [0.15, 0.2) is 70.5 Å². The number of halogens is 2. The molecule has 0 aliphatic heterocycles. The highest BCUT2D eigenvalue weighted by Crippen LogP contribution is 2.33. The lowest BCUT2D eigenvalue weighted by molar-refractivity contribution is -0.114. The van der Waals surface area contributed by atoms with E-state index in [0.717, 1.165) is 14.8 Å². The van der Waals surface area contributed by atoms with Gasteiger partial charge < -0.3 is 10.1 Å². The average molecular weight is 525 g/mol. The highest BCUT2D eigenvalue weighted by Gasteiger charge is 2.30. The summed E-state index contributed by atoms with van der Waals surface area (Å²) < 4.78 is 33.8. The van der Waals surface area contributed by atoms with Crippen molar-refractivity contribution in [2.24, 2.45) is 0 Å². The number of carbonyl (C=O) groups is 1. The molecule has 1 N–H and O–H groups in total. The molecular formula is C23H22Cl2N2O4S2. The van der Waals surface area contributed by atoms with Gasteiger partial charge in [-0.2, -0.15) is 0 Å². The number of amides is 1. The molecule has 3 aromatic carbocycles. The van der Waals surface area contributed by atoms with Crippen molar-refractivity contribution in [2.75, 3.05) is 29.5 Å². The van der Waals surface area contributed by atoms with Crippen LogP contribution < -0.4 is 14.4 Å². The maximum atomic E-state index is 13.8. The molecule has 0 saturated heterocycles. The fourth-order valence-electron chi connectivity index (χ4n) is 3.13. The minimum atomic E-state index is -4.23. The number of benzene rings is 3. The van der Waals surface area contributed by atoms with Crippen LogP contribution in [0.2, 0.25) is 10.0 Å². The van der Waals surface area contributed by atoms with E-state index in [1.54, 1.807) is 31.2 Å². The Labute approximate surface area is 207 Å². The van der Waals surface area contributed by atoms with E-state index in [2.05, 4.69) is 5.32 Å². The van der Waals surface area contributed by atoms with Crippen LogP contribution in [0.3, 0.4) is 0 Å². The molecule has 0 saturated carbocycles. The summed E-state index contributed by atoms with van der Waals surface area (Å²) >= 11 is 13.8. The van der Waals surface area contributed by atoms with Crippen LogP contribution in [0.4, 0.5) is 11.4 Å². The Balaban J connectivity index is 2.05. The van der Waals surface area contributed by atoms with E-state index in [0.29, 0.717) is 5.69 Å². The monoisotopic (exact) mass is 524 g/mol. The van der Waals surface area contributed by atoms with E-state index in [1.807, 2.05) is 18.4 Å². The molecule has 0 fully saturated rings. The lowest BCUT2D eigenvalue weighted by Crippen LogP contribution is -2.38. The Kier molecular flexibility index (Phi) is 8.18. The quantitative estimate of drug-likeness (QED) is 0.373. The molecule has 1 amide bonds. The van der Waals surface area contributed by atoms with Gasteiger partial charge in [-0.25, -0.2) is 8.42 Å². The zero-order valence-electron chi connectivity index (χ0n) is 18.1. The number of methoxy groups -OCH3 is 1. The fraction of sp³-hybridized carbons (Fsp3) is 0.174. The molecule has 0 aromatic heterocycles. The van der Waals surface area contributed by atoms with Crippen molar-refractivity contribution in [2.45, 2.75) is 16.7 Å². The molecule has 174 valence electrons. The summed E-state index contributed by atoms with van der Waals surface area (Å²) in [6.45, 7) is 1.27. The number of aryl methyl sites for hydroxylation is 1.